The smallest absolute Gasteiger partial charge is 0.225 e. The topological polar surface area (TPSA) is 38.2 Å². The van der Waals surface area contributed by atoms with Crippen LogP contribution in [-0.4, -0.2) is 35.3 Å². The van der Waals surface area contributed by atoms with Gasteiger partial charge in [0, 0.05) is 18.0 Å². The van der Waals surface area contributed by atoms with E-state index in [1.807, 2.05) is 0 Å². The zero-order valence-corrected chi connectivity index (χ0v) is 12.9. The standard InChI is InChI=1S/C14H16ClN3OS/c1-2-10-5-11-12(16-14(15)17-13(11)20-10)18-6-8-3-4-9(7-18)19-8/h5,8-9H,2-4,6-7H2,1H3. The molecule has 2 aliphatic rings. The molecule has 2 saturated heterocycles. The van der Waals surface area contributed by atoms with Gasteiger partial charge in [-0.05, 0) is 36.9 Å². The molecule has 2 atom stereocenters. The van der Waals surface area contributed by atoms with Crippen molar-refractivity contribution in [3.05, 3.63) is 16.2 Å². The second-order valence-corrected chi connectivity index (χ2v) is 6.92. The molecule has 2 aliphatic heterocycles. The number of fused-ring (bicyclic) bond motifs is 3. The SMILES string of the molecule is CCc1cc2c(N3CC4CCC(C3)O4)nc(Cl)nc2s1. The Labute approximate surface area is 126 Å². The van der Waals surface area contributed by atoms with Crippen LogP contribution in [0.3, 0.4) is 0 Å². The van der Waals surface area contributed by atoms with E-state index >= 15 is 0 Å². The van der Waals surface area contributed by atoms with E-state index in [-0.39, 0.29) is 0 Å². The van der Waals surface area contributed by atoms with Crippen LogP contribution in [0.4, 0.5) is 5.82 Å². The van der Waals surface area contributed by atoms with Crippen molar-refractivity contribution in [1.82, 2.24) is 9.97 Å². The highest BCUT2D eigenvalue weighted by atomic mass is 35.5. The van der Waals surface area contributed by atoms with Gasteiger partial charge in [-0.3, -0.25) is 0 Å². The van der Waals surface area contributed by atoms with Gasteiger partial charge in [-0.1, -0.05) is 6.92 Å². The van der Waals surface area contributed by atoms with E-state index in [4.69, 9.17) is 16.3 Å². The zero-order valence-electron chi connectivity index (χ0n) is 11.3. The van der Waals surface area contributed by atoms with Crippen LogP contribution in [0.2, 0.25) is 5.28 Å². The quantitative estimate of drug-likeness (QED) is 0.798. The molecule has 2 unspecified atom stereocenters. The molecule has 2 aromatic rings. The van der Waals surface area contributed by atoms with E-state index in [0.29, 0.717) is 17.5 Å². The van der Waals surface area contributed by atoms with E-state index in [1.54, 1.807) is 11.3 Å². The lowest BCUT2D eigenvalue weighted by Crippen LogP contribution is -2.43. The van der Waals surface area contributed by atoms with Crippen molar-refractivity contribution >= 4 is 39.0 Å². The van der Waals surface area contributed by atoms with Crippen LogP contribution in [-0.2, 0) is 11.2 Å². The van der Waals surface area contributed by atoms with Crippen LogP contribution in [0.1, 0.15) is 24.6 Å². The van der Waals surface area contributed by atoms with Gasteiger partial charge in [0.15, 0.2) is 0 Å². The first-order chi connectivity index (χ1) is 9.72. The summed E-state index contributed by atoms with van der Waals surface area (Å²) in [6.07, 6.45) is 4.04. The summed E-state index contributed by atoms with van der Waals surface area (Å²) in [5.41, 5.74) is 0. The van der Waals surface area contributed by atoms with Crippen LogP contribution in [0.5, 0.6) is 0 Å². The second-order valence-electron chi connectivity index (χ2n) is 5.46. The van der Waals surface area contributed by atoms with Crippen molar-refractivity contribution in [2.24, 2.45) is 0 Å². The Morgan fingerprint density at radius 1 is 1.35 bits per heavy atom. The summed E-state index contributed by atoms with van der Waals surface area (Å²) >= 11 is 7.82. The molecule has 4 rings (SSSR count). The number of rotatable bonds is 2. The minimum Gasteiger partial charge on any atom is -0.371 e. The summed E-state index contributed by atoms with van der Waals surface area (Å²) in [7, 11) is 0. The van der Waals surface area contributed by atoms with E-state index in [0.717, 1.165) is 48.4 Å². The van der Waals surface area contributed by atoms with Crippen LogP contribution < -0.4 is 4.90 Å². The largest absolute Gasteiger partial charge is 0.371 e. The van der Waals surface area contributed by atoms with Crippen LogP contribution in [0.15, 0.2) is 6.07 Å². The molecule has 0 radical (unpaired) electrons. The lowest BCUT2D eigenvalue weighted by Gasteiger charge is -2.33. The Hall–Kier alpha value is -0.910. The maximum absolute atomic E-state index is 6.11. The third-order valence-corrected chi connectivity index (χ3v) is 5.43. The number of aryl methyl sites for hydroxylation is 1. The number of hydrogen-bond acceptors (Lipinski definition) is 5. The van der Waals surface area contributed by atoms with Crippen LogP contribution in [0.25, 0.3) is 10.2 Å². The molecule has 2 bridgehead atoms. The van der Waals surface area contributed by atoms with E-state index in [9.17, 15) is 0 Å². The Bertz CT molecular complexity index is 647. The average molecular weight is 310 g/mol. The molecule has 2 fully saturated rings. The van der Waals surface area contributed by atoms with Crippen molar-refractivity contribution in [1.29, 1.82) is 0 Å². The summed E-state index contributed by atoms with van der Waals surface area (Å²) in [6, 6.07) is 2.21. The fourth-order valence-corrected chi connectivity index (χ4v) is 4.31. The third-order valence-electron chi connectivity index (χ3n) is 4.09. The van der Waals surface area contributed by atoms with Crippen molar-refractivity contribution in [2.75, 3.05) is 18.0 Å². The van der Waals surface area contributed by atoms with Crippen LogP contribution >= 0.6 is 22.9 Å². The third kappa shape index (κ3) is 2.08. The fraction of sp³-hybridized carbons (Fsp3) is 0.571. The maximum Gasteiger partial charge on any atom is 0.225 e. The van der Waals surface area contributed by atoms with E-state index in [1.165, 1.54) is 4.88 Å². The second kappa shape index (κ2) is 4.83. The minimum absolute atomic E-state index is 0.343. The van der Waals surface area contributed by atoms with Gasteiger partial charge in [0.05, 0.1) is 17.6 Å². The first-order valence-electron chi connectivity index (χ1n) is 7.09. The van der Waals surface area contributed by atoms with Crippen molar-refractivity contribution < 1.29 is 4.74 Å². The van der Waals surface area contributed by atoms with Gasteiger partial charge in [0.25, 0.3) is 0 Å². The Morgan fingerprint density at radius 2 is 2.10 bits per heavy atom. The molecular weight excluding hydrogens is 294 g/mol. The molecule has 0 spiro atoms. The van der Waals surface area contributed by atoms with Gasteiger partial charge < -0.3 is 9.64 Å². The van der Waals surface area contributed by atoms with Gasteiger partial charge in [0.2, 0.25) is 5.28 Å². The summed E-state index contributed by atoms with van der Waals surface area (Å²) in [5, 5.41) is 1.48. The average Bonchev–Trinajstić information content (AvgIpc) is 3.00. The maximum atomic E-state index is 6.11. The molecular formula is C14H16ClN3OS. The number of thiophene rings is 1. The first kappa shape index (κ1) is 12.8. The van der Waals surface area contributed by atoms with E-state index < -0.39 is 0 Å². The number of hydrogen-bond donors (Lipinski definition) is 0. The van der Waals surface area contributed by atoms with Gasteiger partial charge >= 0.3 is 0 Å². The molecule has 0 aliphatic carbocycles. The Morgan fingerprint density at radius 3 is 2.80 bits per heavy atom. The molecule has 0 aromatic carbocycles. The molecule has 0 N–H and O–H groups in total. The molecule has 20 heavy (non-hydrogen) atoms. The predicted octanol–water partition coefficient (Wildman–Crippen LogP) is 3.27. The lowest BCUT2D eigenvalue weighted by atomic mass is 10.2. The van der Waals surface area contributed by atoms with Gasteiger partial charge in [0.1, 0.15) is 10.6 Å². The molecule has 106 valence electrons. The fourth-order valence-electron chi connectivity index (χ4n) is 3.13. The summed E-state index contributed by atoms with van der Waals surface area (Å²) < 4.78 is 5.90. The normalized spacial score (nSPS) is 25.6. The highest BCUT2D eigenvalue weighted by molar-refractivity contribution is 7.18. The molecule has 4 nitrogen and oxygen atoms in total. The highest BCUT2D eigenvalue weighted by Crippen LogP contribution is 2.35. The Balaban J connectivity index is 1.80. The summed E-state index contributed by atoms with van der Waals surface area (Å²) in [5.74, 6) is 0.983. The van der Waals surface area contributed by atoms with Gasteiger partial charge in [-0.25, -0.2) is 4.98 Å². The molecule has 0 saturated carbocycles. The lowest BCUT2D eigenvalue weighted by molar-refractivity contribution is 0.0303. The highest BCUT2D eigenvalue weighted by Gasteiger charge is 2.35. The number of halogens is 1. The number of ether oxygens (including phenoxy) is 1. The van der Waals surface area contributed by atoms with Gasteiger partial charge in [-0.2, -0.15) is 4.98 Å². The number of morpholine rings is 1. The van der Waals surface area contributed by atoms with Crippen molar-refractivity contribution in [3.63, 3.8) is 0 Å². The number of nitrogens with zero attached hydrogens (tertiary/aromatic N) is 3. The predicted molar refractivity (Wildman–Crippen MR) is 81.9 cm³/mol. The number of anilines is 1. The molecule has 2 aromatic heterocycles. The summed E-state index contributed by atoms with van der Waals surface area (Å²) in [4.78, 5) is 13.5. The first-order valence-corrected chi connectivity index (χ1v) is 8.28. The minimum atomic E-state index is 0.343. The van der Waals surface area contributed by atoms with Crippen molar-refractivity contribution in [3.8, 4) is 0 Å². The zero-order chi connectivity index (χ0) is 13.7. The molecule has 0 amide bonds. The van der Waals surface area contributed by atoms with Crippen molar-refractivity contribution in [2.45, 2.75) is 38.4 Å². The molecule has 6 heteroatoms. The Kier molecular flexibility index (Phi) is 3.09. The summed E-state index contributed by atoms with van der Waals surface area (Å²) in [6.45, 7) is 3.99. The monoisotopic (exact) mass is 309 g/mol. The molecule has 4 heterocycles. The van der Waals surface area contributed by atoms with E-state index in [2.05, 4.69) is 27.9 Å². The van der Waals surface area contributed by atoms with Gasteiger partial charge in [-0.15, -0.1) is 11.3 Å². The number of aromatic nitrogens is 2. The van der Waals surface area contributed by atoms with Crippen LogP contribution in [0, 0.1) is 0 Å².